The van der Waals surface area contributed by atoms with Gasteiger partial charge in [0, 0.05) is 24.1 Å². The summed E-state index contributed by atoms with van der Waals surface area (Å²) in [4.78, 5) is 37.6. The fourth-order valence-corrected chi connectivity index (χ4v) is 8.66. The van der Waals surface area contributed by atoms with E-state index in [1.807, 2.05) is 41.5 Å². The molecule has 1 amide bonds. The van der Waals surface area contributed by atoms with E-state index >= 15 is 0 Å². The first-order chi connectivity index (χ1) is 26.2. The van der Waals surface area contributed by atoms with Gasteiger partial charge in [0.15, 0.2) is 0 Å². The summed E-state index contributed by atoms with van der Waals surface area (Å²) in [7, 11) is -4.15. The largest absolute Gasteiger partial charge is 0.487 e. The van der Waals surface area contributed by atoms with Gasteiger partial charge in [0.1, 0.15) is 23.1 Å². The number of sulfonamides is 1. The van der Waals surface area contributed by atoms with E-state index in [4.69, 9.17) is 36.0 Å². The van der Waals surface area contributed by atoms with E-state index in [1.165, 1.54) is 12.1 Å². The molecule has 0 aliphatic carbocycles. The van der Waals surface area contributed by atoms with Gasteiger partial charge in [-0.05, 0) is 118 Å². The van der Waals surface area contributed by atoms with Gasteiger partial charge in [0.2, 0.25) is 24.8 Å². The number of amides is 1. The van der Waals surface area contributed by atoms with Gasteiger partial charge in [-0.1, -0.05) is 32.4 Å². The van der Waals surface area contributed by atoms with E-state index in [2.05, 4.69) is 15.4 Å². The van der Waals surface area contributed by atoms with Crippen molar-refractivity contribution in [3.63, 3.8) is 0 Å². The summed E-state index contributed by atoms with van der Waals surface area (Å²) in [5.41, 5.74) is 1.52. The van der Waals surface area contributed by atoms with Crippen molar-refractivity contribution in [1.82, 2.24) is 15.4 Å². The van der Waals surface area contributed by atoms with Crippen LogP contribution in [0.2, 0.25) is 5.02 Å². The average molecular weight is 843 g/mol. The number of hydrogen-bond acceptors (Lipinski definition) is 10. The van der Waals surface area contributed by atoms with Crippen LogP contribution in [0.4, 0.5) is 13.2 Å². The highest BCUT2D eigenvalue weighted by molar-refractivity contribution is 7.90. The molecule has 2 heterocycles. The molecule has 4 N–H and O–H groups in total. The predicted molar refractivity (Wildman–Crippen MR) is 207 cm³/mol. The lowest BCUT2D eigenvalue weighted by atomic mass is 9.85. The van der Waals surface area contributed by atoms with Crippen LogP contribution in [0.1, 0.15) is 101 Å². The van der Waals surface area contributed by atoms with Gasteiger partial charge in [-0.2, -0.15) is 13.2 Å². The van der Waals surface area contributed by atoms with E-state index in [0.717, 1.165) is 18.6 Å². The molecule has 0 saturated heterocycles. The molecule has 0 aromatic heterocycles. The van der Waals surface area contributed by atoms with Gasteiger partial charge >= 0.3 is 18.1 Å². The molecule has 2 atom stereocenters. The first-order valence-corrected chi connectivity index (χ1v) is 20.2. The van der Waals surface area contributed by atoms with Crippen molar-refractivity contribution in [2.75, 3.05) is 13.3 Å². The highest BCUT2D eigenvalue weighted by atomic mass is 35.5. The minimum absolute atomic E-state index is 0.0298. The Morgan fingerprint density at radius 1 is 1.05 bits per heavy atom. The van der Waals surface area contributed by atoms with Crippen LogP contribution in [0.5, 0.6) is 11.5 Å². The Kier molecular flexibility index (Phi) is 13.6. The number of fused-ring (bicyclic) bond motifs is 2. The van der Waals surface area contributed by atoms with Crippen molar-refractivity contribution in [3.05, 3.63) is 56.1 Å². The van der Waals surface area contributed by atoms with Crippen molar-refractivity contribution in [2.45, 2.75) is 129 Å². The fraction of sp³-hybridized carbons (Fsp3) is 0.538. The van der Waals surface area contributed by atoms with Gasteiger partial charge in [0.25, 0.3) is 10.0 Å². The van der Waals surface area contributed by atoms with Crippen LogP contribution in [0.15, 0.2) is 22.6 Å². The quantitative estimate of drug-likeness (QED) is 0.0598. The van der Waals surface area contributed by atoms with E-state index in [-0.39, 0.29) is 46.2 Å². The number of nitrogens with one attached hydrogen (secondary N) is 4. The highest BCUT2D eigenvalue weighted by Crippen LogP contribution is 2.43. The number of guanidine groups is 1. The Labute approximate surface area is 335 Å². The third-order valence-electron chi connectivity index (χ3n) is 9.72. The summed E-state index contributed by atoms with van der Waals surface area (Å²) < 4.78 is 92.6. The second-order valence-electron chi connectivity index (χ2n) is 15.8. The van der Waals surface area contributed by atoms with E-state index in [9.17, 15) is 36.0 Å². The Bertz CT molecular complexity index is 2080. The summed E-state index contributed by atoms with van der Waals surface area (Å²) >= 11 is 6.38. The molecule has 2 aromatic carbocycles. The predicted octanol–water partition coefficient (Wildman–Crippen LogP) is 6.59. The zero-order chi connectivity index (χ0) is 42.8. The smallest absolute Gasteiger partial charge is 0.430 e. The second kappa shape index (κ2) is 17.1. The number of unbranched alkanes of at least 4 members (excludes halogenated alkanes) is 1. The van der Waals surface area contributed by atoms with Gasteiger partial charge in [-0.25, -0.2) is 22.7 Å². The van der Waals surface area contributed by atoms with E-state index in [1.54, 1.807) is 13.8 Å². The fourth-order valence-electron chi connectivity index (χ4n) is 6.68. The Morgan fingerprint density at radius 3 is 2.33 bits per heavy atom. The molecule has 0 spiro atoms. The number of ether oxygens (including phenoxy) is 4. The maximum absolute atomic E-state index is 14.0. The van der Waals surface area contributed by atoms with Crippen LogP contribution in [0.25, 0.3) is 6.08 Å². The maximum Gasteiger partial charge on any atom is 0.430 e. The number of esters is 2. The van der Waals surface area contributed by atoms with Crippen molar-refractivity contribution in [1.29, 1.82) is 5.41 Å². The van der Waals surface area contributed by atoms with Gasteiger partial charge in [-0.15, -0.1) is 0 Å². The van der Waals surface area contributed by atoms with Gasteiger partial charge < -0.3 is 29.6 Å². The van der Waals surface area contributed by atoms with Crippen LogP contribution < -0.4 is 24.8 Å². The van der Waals surface area contributed by atoms with E-state index in [0.29, 0.717) is 47.3 Å². The van der Waals surface area contributed by atoms with Crippen LogP contribution in [0, 0.1) is 26.2 Å². The molecule has 4 rings (SSSR count). The molecule has 18 heteroatoms. The minimum atomic E-state index is -5.00. The first kappa shape index (κ1) is 45.2. The Hall–Kier alpha value is -4.51. The monoisotopic (exact) mass is 842 g/mol. The lowest BCUT2D eigenvalue weighted by Crippen LogP contribution is -2.42. The third kappa shape index (κ3) is 10.9. The zero-order valence-electron chi connectivity index (χ0n) is 33.4. The molecule has 1 unspecified atom stereocenters. The van der Waals surface area contributed by atoms with Gasteiger partial charge in [-0.3, -0.25) is 10.2 Å². The van der Waals surface area contributed by atoms with Crippen LogP contribution in [-0.2, 0) is 45.7 Å². The summed E-state index contributed by atoms with van der Waals surface area (Å²) in [6, 6.07) is 1.58. The summed E-state index contributed by atoms with van der Waals surface area (Å²) in [5.74, 6) is -2.93. The molecule has 2 aromatic rings. The van der Waals surface area contributed by atoms with E-state index < -0.39 is 69.9 Å². The molecule has 2 aliphatic rings. The molecular formula is C39H50ClF3N4O9S. The number of carbonyl (C=O) groups excluding carboxylic acids is 3. The van der Waals surface area contributed by atoms with Crippen LogP contribution in [0.3, 0.4) is 0 Å². The molecule has 0 bridgehead atoms. The van der Waals surface area contributed by atoms with Crippen molar-refractivity contribution in [2.24, 2.45) is 0 Å². The Morgan fingerprint density at radius 2 is 1.72 bits per heavy atom. The number of halogens is 4. The number of hydrogen-bond donors (Lipinski definition) is 4. The van der Waals surface area contributed by atoms with Crippen molar-refractivity contribution < 1.29 is 54.9 Å². The lowest BCUT2D eigenvalue weighted by Gasteiger charge is -2.35. The standard InChI is InChI=1S/C39H50ClF3N4O9S/c1-20-21(2)32(22(3)25-13-14-38(8,9)56-31(20)25)57(51,52)47-36(44)45-15-11-10-12-29(46-23(4)48)35(50)54-19-53-34(49)26-16-24-17-28(40)27(37(5,6)7)18-30(24)55-33(26)39(41,42)43/h16-18,29,33H,10-15,19H2,1-9H3,(H,46,48)(H3,44,45,47)/t29-,33?/m0/s1. The molecule has 314 valence electrons. The lowest BCUT2D eigenvalue weighted by molar-refractivity contribution is -0.190. The SMILES string of the molecule is CC(=O)N[C@@H](CCCCNC(=N)NS(=O)(=O)c1c(C)c(C)c2c(c1C)CCC(C)(C)O2)C(=O)OCOC(=O)C1=Cc2cc(Cl)c(C(C)(C)C)cc2OC1C(F)(F)F. The Balaban J connectivity index is 1.31. The number of benzene rings is 2. The minimum Gasteiger partial charge on any atom is -0.487 e. The molecule has 57 heavy (non-hydrogen) atoms. The van der Waals surface area contributed by atoms with Crippen molar-refractivity contribution in [3.8, 4) is 11.5 Å². The molecule has 2 aliphatic heterocycles. The molecule has 13 nitrogen and oxygen atoms in total. The normalized spacial score (nSPS) is 16.7. The number of alkyl halides is 3. The molecule has 0 saturated carbocycles. The average Bonchev–Trinajstić information content (AvgIpc) is 3.07. The second-order valence-corrected chi connectivity index (χ2v) is 17.8. The highest BCUT2D eigenvalue weighted by Gasteiger charge is 2.49. The van der Waals surface area contributed by atoms with Gasteiger partial charge in [0.05, 0.1) is 10.5 Å². The van der Waals surface area contributed by atoms with Crippen LogP contribution >= 0.6 is 11.6 Å². The maximum atomic E-state index is 14.0. The summed E-state index contributed by atoms with van der Waals surface area (Å²) in [5, 5.41) is 13.6. The first-order valence-electron chi connectivity index (χ1n) is 18.3. The molecule has 0 radical (unpaired) electrons. The molecular weight excluding hydrogens is 793 g/mol. The van der Waals surface area contributed by atoms with Crippen LogP contribution in [-0.4, -0.2) is 69.5 Å². The third-order valence-corrected chi connectivity index (χ3v) is 11.7. The zero-order valence-corrected chi connectivity index (χ0v) is 35.0. The number of carbonyl (C=O) groups is 3. The molecule has 0 fully saturated rings. The van der Waals surface area contributed by atoms with Crippen molar-refractivity contribution >= 4 is 51.5 Å². The summed E-state index contributed by atoms with van der Waals surface area (Å²) in [6.45, 7) is 14.9. The summed E-state index contributed by atoms with van der Waals surface area (Å²) in [6.07, 6.45) is -4.71. The number of rotatable bonds is 12. The topological polar surface area (TPSA) is 182 Å².